The van der Waals surface area contributed by atoms with E-state index < -0.39 is 5.97 Å². The van der Waals surface area contributed by atoms with Gasteiger partial charge in [0.2, 0.25) is 0 Å². The van der Waals surface area contributed by atoms with Crippen LogP contribution in [-0.2, 0) is 19.4 Å². The molecule has 1 aliphatic carbocycles. The monoisotopic (exact) mass is 289 g/mol. The van der Waals surface area contributed by atoms with Crippen LogP contribution in [0, 0.1) is 0 Å². The van der Waals surface area contributed by atoms with Gasteiger partial charge in [-0.2, -0.15) is 0 Å². The van der Waals surface area contributed by atoms with Crippen molar-refractivity contribution in [3.63, 3.8) is 0 Å². The molecule has 4 nitrogen and oxygen atoms in total. The quantitative estimate of drug-likeness (QED) is 0.938. The molecule has 1 aromatic heterocycles. The third kappa shape index (κ3) is 2.82. The van der Waals surface area contributed by atoms with Gasteiger partial charge in [0, 0.05) is 4.88 Å². The van der Waals surface area contributed by atoms with Gasteiger partial charge in [0.1, 0.15) is 17.4 Å². The Kier molecular flexibility index (Phi) is 3.69. The number of rotatable bonds is 4. The van der Waals surface area contributed by atoms with Crippen molar-refractivity contribution in [3.05, 3.63) is 45.4 Å². The average Bonchev–Trinajstić information content (AvgIpc) is 2.88. The summed E-state index contributed by atoms with van der Waals surface area (Å²) in [4.78, 5) is 16.8. The summed E-state index contributed by atoms with van der Waals surface area (Å²) < 4.78 is 5.66. The standard InChI is InChI=1S/C15H15NO3S/c17-15(18)10-5-7-11(8-6-10)19-9-14-16-12-3-1-2-4-13(12)20-14/h5-8H,1-4,9H2,(H,17,18). The molecule has 1 aromatic carbocycles. The SMILES string of the molecule is O=C(O)c1ccc(OCc2nc3c(s2)CCCC3)cc1. The first-order chi connectivity index (χ1) is 9.72. The number of carboxylic acids is 1. The van der Waals surface area contributed by atoms with Crippen LogP contribution in [0.5, 0.6) is 5.75 Å². The number of aryl methyl sites for hydroxylation is 2. The van der Waals surface area contributed by atoms with Gasteiger partial charge in [-0.1, -0.05) is 0 Å². The van der Waals surface area contributed by atoms with Gasteiger partial charge in [0.25, 0.3) is 0 Å². The first kappa shape index (κ1) is 13.1. The smallest absolute Gasteiger partial charge is 0.335 e. The fraction of sp³-hybridized carbons (Fsp3) is 0.333. The van der Waals surface area contributed by atoms with E-state index in [2.05, 4.69) is 4.98 Å². The maximum Gasteiger partial charge on any atom is 0.335 e. The van der Waals surface area contributed by atoms with Gasteiger partial charge in [0.15, 0.2) is 0 Å². The third-order valence-corrected chi connectivity index (χ3v) is 4.48. The topological polar surface area (TPSA) is 59.4 Å². The number of ether oxygens (including phenoxy) is 1. The van der Waals surface area contributed by atoms with Crippen molar-refractivity contribution in [1.29, 1.82) is 0 Å². The summed E-state index contributed by atoms with van der Waals surface area (Å²) in [5.41, 5.74) is 1.50. The lowest BCUT2D eigenvalue weighted by molar-refractivity contribution is 0.0697. The van der Waals surface area contributed by atoms with E-state index in [1.165, 1.54) is 23.4 Å². The predicted octanol–water partition coefficient (Wildman–Crippen LogP) is 3.30. The summed E-state index contributed by atoms with van der Waals surface area (Å²) >= 11 is 1.73. The number of nitrogens with zero attached hydrogens (tertiary/aromatic N) is 1. The zero-order valence-electron chi connectivity index (χ0n) is 11.0. The fourth-order valence-corrected chi connectivity index (χ4v) is 3.38. The Morgan fingerprint density at radius 2 is 2.00 bits per heavy atom. The van der Waals surface area contributed by atoms with Crippen LogP contribution in [-0.4, -0.2) is 16.1 Å². The Bertz CT molecular complexity index is 595. The highest BCUT2D eigenvalue weighted by molar-refractivity contribution is 7.11. The van der Waals surface area contributed by atoms with E-state index in [0.29, 0.717) is 12.4 Å². The normalized spacial score (nSPS) is 13.8. The van der Waals surface area contributed by atoms with Gasteiger partial charge in [0.05, 0.1) is 11.3 Å². The summed E-state index contributed by atoms with van der Waals surface area (Å²) in [6.07, 6.45) is 4.71. The van der Waals surface area contributed by atoms with E-state index in [1.807, 2.05) is 0 Å². The van der Waals surface area contributed by atoms with Gasteiger partial charge >= 0.3 is 5.97 Å². The van der Waals surface area contributed by atoms with Crippen LogP contribution in [0.1, 0.15) is 38.8 Å². The molecule has 0 aliphatic heterocycles. The maximum absolute atomic E-state index is 10.8. The van der Waals surface area contributed by atoms with Gasteiger partial charge in [-0.25, -0.2) is 9.78 Å². The van der Waals surface area contributed by atoms with Crippen LogP contribution in [0.4, 0.5) is 0 Å². The summed E-state index contributed by atoms with van der Waals surface area (Å²) in [5.74, 6) is -0.257. The van der Waals surface area contributed by atoms with Crippen molar-refractivity contribution in [2.75, 3.05) is 0 Å². The molecule has 0 saturated heterocycles. The lowest BCUT2D eigenvalue weighted by atomic mass is 10.0. The van der Waals surface area contributed by atoms with E-state index >= 15 is 0 Å². The molecular formula is C15H15NO3S. The molecule has 0 atom stereocenters. The average molecular weight is 289 g/mol. The van der Waals surface area contributed by atoms with E-state index in [-0.39, 0.29) is 5.56 Å². The number of aromatic carboxylic acids is 1. The number of hydrogen-bond donors (Lipinski definition) is 1. The van der Waals surface area contributed by atoms with Crippen molar-refractivity contribution >= 4 is 17.3 Å². The Morgan fingerprint density at radius 3 is 2.70 bits per heavy atom. The Hall–Kier alpha value is -1.88. The molecule has 0 bridgehead atoms. The first-order valence-corrected chi connectivity index (χ1v) is 7.47. The maximum atomic E-state index is 10.8. The lowest BCUT2D eigenvalue weighted by Gasteiger charge is -2.06. The summed E-state index contributed by atoms with van der Waals surface area (Å²) in [7, 11) is 0. The van der Waals surface area contributed by atoms with Gasteiger partial charge in [-0.05, 0) is 49.9 Å². The summed E-state index contributed by atoms with van der Waals surface area (Å²) in [6, 6.07) is 6.45. The largest absolute Gasteiger partial charge is 0.486 e. The second-order valence-corrected chi connectivity index (χ2v) is 5.97. The molecule has 1 aliphatic rings. The molecule has 0 fully saturated rings. The van der Waals surface area contributed by atoms with Crippen LogP contribution in [0.25, 0.3) is 0 Å². The zero-order chi connectivity index (χ0) is 13.9. The number of hydrogen-bond acceptors (Lipinski definition) is 4. The van der Waals surface area contributed by atoms with Crippen LogP contribution in [0.3, 0.4) is 0 Å². The molecule has 2 aromatic rings. The molecule has 3 rings (SSSR count). The molecule has 104 valence electrons. The molecule has 20 heavy (non-hydrogen) atoms. The molecule has 5 heteroatoms. The van der Waals surface area contributed by atoms with E-state index in [0.717, 1.165) is 17.8 Å². The number of carboxylic acid groups (broad SMARTS) is 1. The van der Waals surface area contributed by atoms with Crippen molar-refractivity contribution in [3.8, 4) is 5.75 Å². The first-order valence-electron chi connectivity index (χ1n) is 6.66. The zero-order valence-corrected chi connectivity index (χ0v) is 11.8. The molecule has 0 saturated carbocycles. The van der Waals surface area contributed by atoms with E-state index in [1.54, 1.807) is 35.6 Å². The van der Waals surface area contributed by atoms with Crippen molar-refractivity contribution in [2.24, 2.45) is 0 Å². The van der Waals surface area contributed by atoms with E-state index in [4.69, 9.17) is 9.84 Å². The molecule has 1 N–H and O–H groups in total. The molecule has 0 radical (unpaired) electrons. The third-order valence-electron chi connectivity index (χ3n) is 3.35. The minimum atomic E-state index is -0.927. The lowest BCUT2D eigenvalue weighted by Crippen LogP contribution is -2.00. The van der Waals surface area contributed by atoms with E-state index in [9.17, 15) is 4.79 Å². The van der Waals surface area contributed by atoms with Crippen LogP contribution < -0.4 is 4.74 Å². The van der Waals surface area contributed by atoms with Crippen molar-refractivity contribution in [2.45, 2.75) is 32.3 Å². The highest BCUT2D eigenvalue weighted by Crippen LogP contribution is 2.27. The van der Waals surface area contributed by atoms with Crippen LogP contribution in [0.2, 0.25) is 0 Å². The highest BCUT2D eigenvalue weighted by atomic mass is 32.1. The number of aromatic nitrogens is 1. The fourth-order valence-electron chi connectivity index (χ4n) is 2.31. The van der Waals surface area contributed by atoms with Crippen LogP contribution in [0.15, 0.2) is 24.3 Å². The summed E-state index contributed by atoms with van der Waals surface area (Å²) in [6.45, 7) is 0.448. The summed E-state index contributed by atoms with van der Waals surface area (Å²) in [5, 5.41) is 9.83. The molecule has 1 heterocycles. The molecule has 0 spiro atoms. The number of fused-ring (bicyclic) bond motifs is 1. The number of thiazole rings is 1. The van der Waals surface area contributed by atoms with Gasteiger partial charge in [-0.15, -0.1) is 11.3 Å². The minimum absolute atomic E-state index is 0.266. The Morgan fingerprint density at radius 1 is 1.25 bits per heavy atom. The minimum Gasteiger partial charge on any atom is -0.486 e. The Labute approximate surface area is 121 Å². The number of carbonyl (C=O) groups is 1. The second kappa shape index (κ2) is 5.63. The molecule has 0 unspecified atom stereocenters. The number of benzene rings is 1. The predicted molar refractivity (Wildman–Crippen MR) is 76.5 cm³/mol. The highest BCUT2D eigenvalue weighted by Gasteiger charge is 2.15. The molecular weight excluding hydrogens is 274 g/mol. The van der Waals surface area contributed by atoms with Crippen molar-refractivity contribution in [1.82, 2.24) is 4.98 Å². The molecule has 0 amide bonds. The van der Waals surface area contributed by atoms with Gasteiger partial charge in [-0.3, -0.25) is 0 Å². The second-order valence-electron chi connectivity index (χ2n) is 4.80. The Balaban J connectivity index is 1.64. The van der Waals surface area contributed by atoms with Crippen molar-refractivity contribution < 1.29 is 14.6 Å². The van der Waals surface area contributed by atoms with Crippen LogP contribution >= 0.6 is 11.3 Å². The van der Waals surface area contributed by atoms with Gasteiger partial charge < -0.3 is 9.84 Å².